The fraction of sp³-hybridized carbons (Fsp3) is 0.905. The highest BCUT2D eigenvalue weighted by molar-refractivity contribution is 9.10. The summed E-state index contributed by atoms with van der Waals surface area (Å²) >= 11 is 4.06. The molecule has 0 aromatic heterocycles. The molecule has 2 amide bonds. The third-order valence-corrected chi connectivity index (χ3v) is 8.21. The number of amides is 2. The normalized spacial score (nSPS) is 41.5. The van der Waals surface area contributed by atoms with Crippen molar-refractivity contribution in [1.29, 1.82) is 0 Å². The Morgan fingerprint density at radius 3 is 2.50 bits per heavy atom. The number of alkyl halides is 1. The summed E-state index contributed by atoms with van der Waals surface area (Å²) in [5.74, 6) is 2.08. The van der Waals surface area contributed by atoms with Crippen LogP contribution < -0.4 is 5.32 Å². The first kappa shape index (κ1) is 18.8. The van der Waals surface area contributed by atoms with Gasteiger partial charge in [-0.15, -0.1) is 0 Å². The van der Waals surface area contributed by atoms with Crippen LogP contribution in [-0.2, 0) is 9.59 Å². The van der Waals surface area contributed by atoms with E-state index >= 15 is 0 Å². The summed E-state index contributed by atoms with van der Waals surface area (Å²) in [6, 6.07) is 0.126. The van der Waals surface area contributed by atoms with E-state index < -0.39 is 0 Å². The molecule has 5 heteroatoms. The molecule has 3 unspecified atom stereocenters. The first-order valence-corrected chi connectivity index (χ1v) is 11.3. The van der Waals surface area contributed by atoms with Gasteiger partial charge >= 0.3 is 0 Å². The molecule has 3 atom stereocenters. The van der Waals surface area contributed by atoms with E-state index in [1.54, 1.807) is 0 Å². The predicted octanol–water partition coefficient (Wildman–Crippen LogP) is 3.87. The summed E-state index contributed by atoms with van der Waals surface area (Å²) in [7, 11) is 0. The van der Waals surface area contributed by atoms with Crippen LogP contribution in [0.4, 0.5) is 0 Å². The Kier molecular flexibility index (Phi) is 4.90. The molecule has 1 aliphatic heterocycles. The largest absolute Gasteiger partial charge is 0.351 e. The number of rotatable bonds is 4. The number of nitrogens with one attached hydrogen (secondary N) is 1. The van der Waals surface area contributed by atoms with Crippen LogP contribution in [-0.4, -0.2) is 40.2 Å². The Morgan fingerprint density at radius 1 is 1.19 bits per heavy atom. The smallest absolute Gasteiger partial charge is 0.223 e. The summed E-state index contributed by atoms with van der Waals surface area (Å²) in [5.41, 5.74) is 0.235. The molecule has 1 heterocycles. The highest BCUT2D eigenvalue weighted by Crippen LogP contribution is 2.65. The third-order valence-electron chi connectivity index (χ3n) is 7.28. The van der Waals surface area contributed by atoms with E-state index in [1.807, 2.05) is 18.7 Å². The SMILES string of the molecule is CC(C)C(=O)NC1CCCN(C(=O)CC23CC4CC(CC(Br)(C4)C2)C3)C1. The minimum absolute atomic E-state index is 0.00298. The number of carbonyl (C=O) groups is 2. The van der Waals surface area contributed by atoms with E-state index in [9.17, 15) is 9.59 Å². The topological polar surface area (TPSA) is 49.4 Å². The van der Waals surface area contributed by atoms with Crippen LogP contribution >= 0.6 is 15.9 Å². The lowest BCUT2D eigenvalue weighted by molar-refractivity contribution is -0.140. The molecule has 1 saturated heterocycles. The molecule has 4 aliphatic carbocycles. The van der Waals surface area contributed by atoms with E-state index in [4.69, 9.17) is 0 Å². The van der Waals surface area contributed by atoms with Gasteiger partial charge in [0.2, 0.25) is 11.8 Å². The number of carbonyl (C=O) groups excluding carboxylic acids is 2. The number of likely N-dealkylation sites (tertiary alicyclic amines) is 1. The molecule has 5 aliphatic rings. The molecular weight excluding hydrogens is 392 g/mol. The van der Waals surface area contributed by atoms with Crippen molar-refractivity contribution in [2.45, 2.75) is 82.0 Å². The molecule has 26 heavy (non-hydrogen) atoms. The van der Waals surface area contributed by atoms with Crippen LogP contribution in [0.25, 0.3) is 0 Å². The van der Waals surface area contributed by atoms with Crippen LogP contribution in [0.3, 0.4) is 0 Å². The summed E-state index contributed by atoms with van der Waals surface area (Å²) in [5, 5.41) is 3.13. The fourth-order valence-electron chi connectivity index (χ4n) is 6.66. The van der Waals surface area contributed by atoms with Gasteiger partial charge in [-0.3, -0.25) is 9.59 Å². The molecular formula is C21H33BrN2O2. The number of nitrogens with zero attached hydrogens (tertiary/aromatic N) is 1. The second-order valence-corrected chi connectivity index (χ2v) is 11.8. The minimum Gasteiger partial charge on any atom is -0.351 e. The van der Waals surface area contributed by atoms with Crippen LogP contribution in [0, 0.1) is 23.2 Å². The molecule has 0 aromatic carbocycles. The van der Waals surface area contributed by atoms with Gasteiger partial charge in [0.05, 0.1) is 0 Å². The van der Waals surface area contributed by atoms with Gasteiger partial charge in [-0.25, -0.2) is 0 Å². The minimum atomic E-state index is 0.00298. The van der Waals surface area contributed by atoms with Crippen LogP contribution in [0.1, 0.15) is 71.6 Å². The molecule has 4 bridgehead atoms. The molecule has 4 saturated carbocycles. The molecule has 0 aromatic rings. The van der Waals surface area contributed by atoms with Crippen molar-refractivity contribution in [2.75, 3.05) is 13.1 Å². The van der Waals surface area contributed by atoms with Gasteiger partial charge in [0.25, 0.3) is 0 Å². The Balaban J connectivity index is 1.38. The van der Waals surface area contributed by atoms with E-state index in [2.05, 4.69) is 21.2 Å². The third kappa shape index (κ3) is 3.70. The van der Waals surface area contributed by atoms with Crippen LogP contribution in [0.5, 0.6) is 0 Å². The highest BCUT2D eigenvalue weighted by Gasteiger charge is 2.57. The van der Waals surface area contributed by atoms with E-state index in [0.717, 1.165) is 37.6 Å². The summed E-state index contributed by atoms with van der Waals surface area (Å²) in [4.78, 5) is 27.2. The van der Waals surface area contributed by atoms with Crippen molar-refractivity contribution in [2.24, 2.45) is 23.2 Å². The van der Waals surface area contributed by atoms with Crippen LogP contribution in [0.15, 0.2) is 0 Å². The number of hydrogen-bond acceptors (Lipinski definition) is 2. The maximum Gasteiger partial charge on any atom is 0.223 e. The Bertz CT molecular complexity index is 577. The Hall–Kier alpha value is -0.580. The highest BCUT2D eigenvalue weighted by atomic mass is 79.9. The first-order valence-electron chi connectivity index (χ1n) is 10.5. The van der Waals surface area contributed by atoms with Crippen molar-refractivity contribution in [3.8, 4) is 0 Å². The zero-order chi connectivity index (χ0) is 18.5. The van der Waals surface area contributed by atoms with Crippen molar-refractivity contribution in [1.82, 2.24) is 10.2 Å². The second kappa shape index (κ2) is 6.79. The van der Waals surface area contributed by atoms with Gasteiger partial charge in [0.15, 0.2) is 0 Å². The molecule has 0 radical (unpaired) electrons. The Morgan fingerprint density at radius 2 is 1.88 bits per heavy atom. The zero-order valence-electron chi connectivity index (χ0n) is 16.2. The lowest BCUT2D eigenvalue weighted by Gasteiger charge is -2.60. The van der Waals surface area contributed by atoms with Gasteiger partial charge in [-0.05, 0) is 68.6 Å². The number of hydrogen-bond donors (Lipinski definition) is 1. The van der Waals surface area contributed by atoms with Crippen LogP contribution in [0.2, 0.25) is 0 Å². The lowest BCUT2D eigenvalue weighted by Crippen LogP contribution is -2.55. The van der Waals surface area contributed by atoms with E-state index in [1.165, 1.54) is 38.5 Å². The summed E-state index contributed by atoms with van der Waals surface area (Å²) in [6.07, 6.45) is 10.4. The van der Waals surface area contributed by atoms with E-state index in [0.29, 0.717) is 16.8 Å². The zero-order valence-corrected chi connectivity index (χ0v) is 17.8. The molecule has 5 fully saturated rings. The van der Waals surface area contributed by atoms with Crippen molar-refractivity contribution >= 4 is 27.7 Å². The lowest BCUT2D eigenvalue weighted by atomic mass is 9.48. The van der Waals surface area contributed by atoms with Gasteiger partial charge < -0.3 is 10.2 Å². The predicted molar refractivity (Wildman–Crippen MR) is 106 cm³/mol. The molecule has 146 valence electrons. The summed E-state index contributed by atoms with van der Waals surface area (Å²) < 4.78 is 0.313. The number of piperidine rings is 1. The average Bonchev–Trinajstić information content (AvgIpc) is 2.52. The van der Waals surface area contributed by atoms with Gasteiger partial charge in [-0.2, -0.15) is 0 Å². The van der Waals surface area contributed by atoms with E-state index in [-0.39, 0.29) is 23.3 Å². The van der Waals surface area contributed by atoms with Crippen molar-refractivity contribution < 1.29 is 9.59 Å². The number of halogens is 1. The second-order valence-electron chi connectivity index (χ2n) is 10.1. The maximum atomic E-state index is 13.2. The molecule has 0 spiro atoms. The Labute approximate surface area is 166 Å². The van der Waals surface area contributed by atoms with Gasteiger partial charge in [0, 0.05) is 35.8 Å². The van der Waals surface area contributed by atoms with Crippen molar-refractivity contribution in [3.05, 3.63) is 0 Å². The maximum absolute atomic E-state index is 13.2. The van der Waals surface area contributed by atoms with Gasteiger partial charge in [0.1, 0.15) is 0 Å². The van der Waals surface area contributed by atoms with Crippen molar-refractivity contribution in [3.63, 3.8) is 0 Å². The average molecular weight is 425 g/mol. The molecule has 5 rings (SSSR count). The molecule has 4 nitrogen and oxygen atoms in total. The monoisotopic (exact) mass is 424 g/mol. The molecule has 1 N–H and O–H groups in total. The quantitative estimate of drug-likeness (QED) is 0.696. The summed E-state index contributed by atoms with van der Waals surface area (Å²) in [6.45, 7) is 5.39. The fourth-order valence-corrected chi connectivity index (χ4v) is 8.18. The standard InChI is InChI=1S/C21H33BrN2O2/c1-14(2)19(26)23-17-4-3-5-24(12-17)18(25)11-20-7-15-6-16(8-20)10-21(22,9-15)13-20/h14-17H,3-13H2,1-2H3,(H,23,26). The first-order chi connectivity index (χ1) is 12.3. The van der Waals surface area contributed by atoms with Gasteiger partial charge in [-0.1, -0.05) is 29.8 Å².